The zero-order valence-corrected chi connectivity index (χ0v) is 16.4. The van der Waals surface area contributed by atoms with Gasteiger partial charge < -0.3 is 37.6 Å². The molecule has 11 nitrogen and oxygen atoms in total. The summed E-state index contributed by atoms with van der Waals surface area (Å²) in [6.07, 6.45) is 1.72. The molecule has 9 N–H and O–H groups in total. The fourth-order valence-electron chi connectivity index (χ4n) is 2.35. The van der Waals surface area contributed by atoms with Crippen molar-refractivity contribution >= 4 is 23.7 Å². The molecule has 0 saturated heterocycles. The molecule has 28 heavy (non-hydrogen) atoms. The van der Waals surface area contributed by atoms with E-state index in [9.17, 15) is 19.2 Å². The molecule has 0 heterocycles. The van der Waals surface area contributed by atoms with Gasteiger partial charge in [-0.2, -0.15) is 0 Å². The molecule has 0 aromatic rings. The van der Waals surface area contributed by atoms with E-state index >= 15 is 0 Å². The lowest BCUT2D eigenvalue weighted by Crippen LogP contribution is -2.54. The van der Waals surface area contributed by atoms with Crippen molar-refractivity contribution in [1.82, 2.24) is 16.0 Å². The van der Waals surface area contributed by atoms with Crippen LogP contribution in [0.4, 0.5) is 0 Å². The van der Waals surface area contributed by atoms with E-state index in [2.05, 4.69) is 16.0 Å². The molecule has 0 aliphatic rings. The van der Waals surface area contributed by atoms with Crippen LogP contribution < -0.4 is 27.4 Å². The number of nitrogens with one attached hydrogen (secondary N) is 3. The van der Waals surface area contributed by atoms with E-state index in [0.29, 0.717) is 25.8 Å². The van der Waals surface area contributed by atoms with E-state index < -0.39 is 55.0 Å². The predicted octanol–water partition coefficient (Wildman–Crippen LogP) is -2.35. The van der Waals surface area contributed by atoms with Crippen molar-refractivity contribution in [3.8, 4) is 0 Å². The van der Waals surface area contributed by atoms with Gasteiger partial charge in [0.15, 0.2) is 0 Å². The Morgan fingerprint density at radius 2 is 1.64 bits per heavy atom. The molecule has 0 bridgehead atoms. The van der Waals surface area contributed by atoms with E-state index in [4.69, 9.17) is 21.7 Å². The van der Waals surface area contributed by atoms with Gasteiger partial charge in [0.25, 0.3) is 0 Å². The van der Waals surface area contributed by atoms with Crippen molar-refractivity contribution < 1.29 is 29.4 Å². The van der Waals surface area contributed by atoms with Gasteiger partial charge in [-0.15, -0.1) is 0 Å². The Bertz CT molecular complexity index is 528. The van der Waals surface area contributed by atoms with Gasteiger partial charge in [0, 0.05) is 0 Å². The van der Waals surface area contributed by atoms with E-state index in [0.717, 1.165) is 0 Å². The maximum absolute atomic E-state index is 12.3. The number of carboxylic acids is 1. The van der Waals surface area contributed by atoms with Crippen LogP contribution in [0.1, 0.15) is 39.5 Å². The summed E-state index contributed by atoms with van der Waals surface area (Å²) in [6.45, 7) is 3.13. The monoisotopic (exact) mass is 403 g/mol. The average Bonchev–Trinajstić information content (AvgIpc) is 2.63. The molecule has 0 spiro atoms. The van der Waals surface area contributed by atoms with Crippen LogP contribution in [0.2, 0.25) is 0 Å². The van der Waals surface area contributed by atoms with Crippen molar-refractivity contribution in [3.05, 3.63) is 0 Å². The van der Waals surface area contributed by atoms with Gasteiger partial charge >= 0.3 is 5.97 Å². The van der Waals surface area contributed by atoms with Crippen molar-refractivity contribution in [2.45, 2.75) is 57.7 Å². The summed E-state index contributed by atoms with van der Waals surface area (Å²) in [7, 11) is 0. The highest BCUT2D eigenvalue weighted by Gasteiger charge is 2.25. The first-order chi connectivity index (χ1) is 13.1. The molecule has 0 aromatic carbocycles. The molecule has 0 radical (unpaired) electrons. The number of carboxylic acid groups (broad SMARTS) is 1. The lowest BCUT2D eigenvalue weighted by atomic mass is 10.0. The van der Waals surface area contributed by atoms with Crippen LogP contribution in [0.3, 0.4) is 0 Å². The standard InChI is InChI=1S/C17H33N5O6/c1-10(2)7-13(22-15(25)11(19)9-23)16(26)20-8-14(24)21-12(17(27)28)5-3-4-6-18/h10-13,23H,3-9,18-19H2,1-2H3,(H,20,26)(H,21,24)(H,22,25)(H,27,28). The summed E-state index contributed by atoms with van der Waals surface area (Å²) in [5, 5.41) is 25.2. The summed E-state index contributed by atoms with van der Waals surface area (Å²) in [6, 6.07) is -3.15. The van der Waals surface area contributed by atoms with Crippen LogP contribution in [0.25, 0.3) is 0 Å². The van der Waals surface area contributed by atoms with Crippen LogP contribution in [0.15, 0.2) is 0 Å². The van der Waals surface area contributed by atoms with E-state index in [-0.39, 0.29) is 12.3 Å². The number of aliphatic carboxylic acids is 1. The number of hydrogen-bond donors (Lipinski definition) is 7. The van der Waals surface area contributed by atoms with E-state index in [1.54, 1.807) is 0 Å². The minimum atomic E-state index is -1.17. The number of rotatable bonds is 14. The number of aliphatic hydroxyl groups excluding tert-OH is 1. The van der Waals surface area contributed by atoms with Crippen LogP contribution in [0.5, 0.6) is 0 Å². The summed E-state index contributed by atoms with van der Waals surface area (Å²) >= 11 is 0. The van der Waals surface area contributed by atoms with Crippen LogP contribution in [-0.4, -0.2) is 71.7 Å². The normalized spacial score (nSPS) is 14.1. The lowest BCUT2D eigenvalue weighted by Gasteiger charge is -2.22. The van der Waals surface area contributed by atoms with E-state index in [1.165, 1.54) is 0 Å². The van der Waals surface area contributed by atoms with Crippen molar-refractivity contribution in [2.75, 3.05) is 19.7 Å². The smallest absolute Gasteiger partial charge is 0.326 e. The molecular weight excluding hydrogens is 370 g/mol. The maximum atomic E-state index is 12.3. The lowest BCUT2D eigenvalue weighted by molar-refractivity contribution is -0.142. The Morgan fingerprint density at radius 3 is 2.14 bits per heavy atom. The third-order valence-corrected chi connectivity index (χ3v) is 3.88. The summed E-state index contributed by atoms with van der Waals surface area (Å²) < 4.78 is 0. The van der Waals surface area contributed by atoms with Gasteiger partial charge in [0.1, 0.15) is 18.1 Å². The Kier molecular flexibility index (Phi) is 12.7. The second-order valence-electron chi connectivity index (χ2n) is 6.94. The minimum absolute atomic E-state index is 0.0640. The van der Waals surface area contributed by atoms with Gasteiger partial charge in [-0.25, -0.2) is 4.79 Å². The predicted molar refractivity (Wildman–Crippen MR) is 102 cm³/mol. The molecule has 0 aliphatic carbocycles. The molecule has 0 fully saturated rings. The summed E-state index contributed by atoms with van der Waals surface area (Å²) in [4.78, 5) is 47.3. The molecule has 0 aromatic heterocycles. The maximum Gasteiger partial charge on any atom is 0.326 e. The largest absolute Gasteiger partial charge is 0.480 e. The number of nitrogens with two attached hydrogens (primary N) is 2. The number of amides is 3. The second kappa shape index (κ2) is 13.9. The van der Waals surface area contributed by atoms with Crippen molar-refractivity contribution in [1.29, 1.82) is 0 Å². The Balaban J connectivity index is 4.69. The molecule has 0 aliphatic heterocycles. The Labute approximate surface area is 164 Å². The number of carbonyl (C=O) groups excluding carboxylic acids is 3. The molecular formula is C17H33N5O6. The van der Waals surface area contributed by atoms with Crippen LogP contribution >= 0.6 is 0 Å². The highest BCUT2D eigenvalue weighted by Crippen LogP contribution is 2.05. The fraction of sp³-hybridized carbons (Fsp3) is 0.765. The zero-order valence-electron chi connectivity index (χ0n) is 16.4. The van der Waals surface area contributed by atoms with Gasteiger partial charge in [0.05, 0.1) is 13.2 Å². The zero-order chi connectivity index (χ0) is 21.7. The van der Waals surface area contributed by atoms with Gasteiger partial charge in [-0.1, -0.05) is 13.8 Å². The quantitative estimate of drug-likeness (QED) is 0.156. The molecule has 3 atom stereocenters. The number of carbonyl (C=O) groups is 4. The average molecular weight is 403 g/mol. The molecule has 3 amide bonds. The number of aliphatic hydroxyl groups is 1. The second-order valence-corrected chi connectivity index (χ2v) is 6.94. The molecule has 0 rings (SSSR count). The number of hydrogen-bond acceptors (Lipinski definition) is 7. The van der Waals surface area contributed by atoms with Crippen molar-refractivity contribution in [3.63, 3.8) is 0 Å². The summed E-state index contributed by atoms with van der Waals surface area (Å²) in [5.41, 5.74) is 10.8. The summed E-state index contributed by atoms with van der Waals surface area (Å²) in [5.74, 6) is -3.04. The minimum Gasteiger partial charge on any atom is -0.480 e. The van der Waals surface area contributed by atoms with Gasteiger partial charge in [-0.3, -0.25) is 14.4 Å². The van der Waals surface area contributed by atoms with Crippen molar-refractivity contribution in [2.24, 2.45) is 17.4 Å². The topological polar surface area (TPSA) is 197 Å². The number of unbranched alkanes of at least 4 members (excludes halogenated alkanes) is 1. The molecule has 0 saturated carbocycles. The molecule has 11 heteroatoms. The van der Waals surface area contributed by atoms with Gasteiger partial charge in [-0.05, 0) is 38.1 Å². The van der Waals surface area contributed by atoms with Crippen LogP contribution in [0, 0.1) is 5.92 Å². The Morgan fingerprint density at radius 1 is 1.00 bits per heavy atom. The highest BCUT2D eigenvalue weighted by molar-refractivity contribution is 5.92. The first-order valence-electron chi connectivity index (χ1n) is 9.29. The molecule has 3 unspecified atom stereocenters. The first-order valence-corrected chi connectivity index (χ1v) is 9.29. The van der Waals surface area contributed by atoms with Gasteiger partial charge in [0.2, 0.25) is 17.7 Å². The first kappa shape index (κ1) is 25.8. The third kappa shape index (κ3) is 10.8. The Hall–Kier alpha value is -2.24. The fourth-order valence-corrected chi connectivity index (χ4v) is 2.35. The molecule has 162 valence electrons. The highest BCUT2D eigenvalue weighted by atomic mass is 16.4. The van der Waals surface area contributed by atoms with Crippen LogP contribution in [-0.2, 0) is 19.2 Å². The SMILES string of the molecule is CC(C)CC(NC(=O)C(N)CO)C(=O)NCC(=O)NC(CCCCN)C(=O)O. The third-order valence-electron chi connectivity index (χ3n) is 3.88. The van der Waals surface area contributed by atoms with E-state index in [1.807, 2.05) is 13.8 Å².